The van der Waals surface area contributed by atoms with Gasteiger partial charge in [0, 0.05) is 31.1 Å². The highest BCUT2D eigenvalue weighted by Gasteiger charge is 2.22. The van der Waals surface area contributed by atoms with Gasteiger partial charge in [-0.1, -0.05) is 30.3 Å². The van der Waals surface area contributed by atoms with Crippen molar-refractivity contribution < 1.29 is 13.2 Å². The molecule has 0 bridgehead atoms. The quantitative estimate of drug-likeness (QED) is 0.860. The predicted molar refractivity (Wildman–Crippen MR) is 97.1 cm³/mol. The Labute approximate surface area is 147 Å². The first-order chi connectivity index (χ1) is 12.0. The number of rotatable bonds is 6. The second-order valence-corrected chi connectivity index (χ2v) is 7.40. The summed E-state index contributed by atoms with van der Waals surface area (Å²) in [7, 11) is -3.55. The predicted octanol–water partition coefficient (Wildman–Crippen LogP) is 2.30. The number of carbonyl (C=O) groups is 1. The van der Waals surface area contributed by atoms with Gasteiger partial charge < -0.3 is 0 Å². The topological polar surface area (TPSA) is 79.4 Å². The molecular weight excluding hydrogens is 338 g/mol. The minimum Gasteiger partial charge on any atom is -0.297 e. The fraction of sp³-hybridized carbons (Fsp3) is 0.222. The van der Waals surface area contributed by atoms with Gasteiger partial charge in [-0.15, -0.1) is 0 Å². The maximum absolute atomic E-state index is 12.1. The van der Waals surface area contributed by atoms with Gasteiger partial charge in [0.1, 0.15) is 5.82 Å². The average molecular weight is 357 g/mol. The summed E-state index contributed by atoms with van der Waals surface area (Å²) in [6.07, 6.45) is 4.48. The maximum atomic E-state index is 12.1. The van der Waals surface area contributed by atoms with Gasteiger partial charge in [-0.3, -0.25) is 9.69 Å². The number of pyridine rings is 1. The third-order valence-electron chi connectivity index (χ3n) is 3.88. The van der Waals surface area contributed by atoms with Crippen LogP contribution in [0.3, 0.4) is 0 Å². The van der Waals surface area contributed by atoms with Crippen molar-refractivity contribution in [3.63, 3.8) is 0 Å². The first-order valence-corrected chi connectivity index (χ1v) is 9.56. The van der Waals surface area contributed by atoms with E-state index in [9.17, 15) is 13.2 Å². The van der Waals surface area contributed by atoms with E-state index in [1.165, 1.54) is 0 Å². The standard InChI is InChI=1S/C18H19N3O3S/c22-18-7-4-11-21(18)17-13-16(8-10-19-17)14-20-25(23,24)12-9-15-5-2-1-3-6-15/h1-3,5-6,8-10,12-13,20H,4,7,11,14H2. The van der Waals surface area contributed by atoms with Gasteiger partial charge in [-0.2, -0.15) is 0 Å². The zero-order valence-corrected chi connectivity index (χ0v) is 14.4. The van der Waals surface area contributed by atoms with E-state index < -0.39 is 10.0 Å². The molecule has 130 valence electrons. The van der Waals surface area contributed by atoms with Gasteiger partial charge in [0.25, 0.3) is 0 Å². The maximum Gasteiger partial charge on any atom is 0.234 e. The van der Waals surface area contributed by atoms with Crippen molar-refractivity contribution >= 4 is 27.8 Å². The first-order valence-electron chi connectivity index (χ1n) is 8.02. The van der Waals surface area contributed by atoms with Gasteiger partial charge in [-0.05, 0) is 35.8 Å². The van der Waals surface area contributed by atoms with Gasteiger partial charge in [0.15, 0.2) is 0 Å². The highest BCUT2D eigenvalue weighted by molar-refractivity contribution is 7.92. The number of hydrogen-bond acceptors (Lipinski definition) is 4. The van der Waals surface area contributed by atoms with Crippen molar-refractivity contribution in [3.8, 4) is 0 Å². The Kier molecular flexibility index (Phi) is 5.25. The second-order valence-electron chi connectivity index (χ2n) is 5.75. The van der Waals surface area contributed by atoms with Crippen molar-refractivity contribution in [2.45, 2.75) is 19.4 Å². The molecular formula is C18H19N3O3S. The monoisotopic (exact) mass is 357 g/mol. The van der Waals surface area contributed by atoms with E-state index in [0.717, 1.165) is 23.0 Å². The number of nitrogens with zero attached hydrogens (tertiary/aromatic N) is 2. The number of sulfonamides is 1. The van der Waals surface area contributed by atoms with Crippen LogP contribution in [0, 0.1) is 0 Å². The molecule has 1 aliphatic heterocycles. The normalized spacial score (nSPS) is 15.2. The van der Waals surface area contributed by atoms with Crippen LogP contribution in [0.5, 0.6) is 0 Å². The highest BCUT2D eigenvalue weighted by Crippen LogP contribution is 2.19. The van der Waals surface area contributed by atoms with E-state index in [2.05, 4.69) is 9.71 Å². The lowest BCUT2D eigenvalue weighted by Gasteiger charge is -2.15. The molecule has 1 aliphatic rings. The molecule has 0 aliphatic carbocycles. The van der Waals surface area contributed by atoms with Crippen LogP contribution in [0.1, 0.15) is 24.0 Å². The summed E-state index contributed by atoms with van der Waals surface area (Å²) in [6, 6.07) is 12.7. The molecule has 1 aromatic carbocycles. The van der Waals surface area contributed by atoms with Crippen LogP contribution in [0.2, 0.25) is 0 Å². The van der Waals surface area contributed by atoms with Crippen molar-refractivity contribution in [2.24, 2.45) is 0 Å². The van der Waals surface area contributed by atoms with Crippen LogP contribution in [0.4, 0.5) is 5.82 Å². The molecule has 0 atom stereocenters. The van der Waals surface area contributed by atoms with Gasteiger partial charge in [0.05, 0.1) is 0 Å². The lowest BCUT2D eigenvalue weighted by atomic mass is 10.2. The second kappa shape index (κ2) is 7.58. The summed E-state index contributed by atoms with van der Waals surface area (Å²) in [4.78, 5) is 17.6. The molecule has 1 amide bonds. The Bertz CT molecular complexity index is 879. The van der Waals surface area contributed by atoms with Crippen LogP contribution in [-0.4, -0.2) is 25.9 Å². The molecule has 3 rings (SSSR count). The molecule has 6 nitrogen and oxygen atoms in total. The molecule has 1 saturated heterocycles. The Balaban J connectivity index is 1.65. The van der Waals surface area contributed by atoms with Gasteiger partial charge in [-0.25, -0.2) is 18.1 Å². The zero-order chi connectivity index (χ0) is 17.7. The lowest BCUT2D eigenvalue weighted by Crippen LogP contribution is -2.25. The van der Waals surface area contributed by atoms with Crippen LogP contribution in [0.25, 0.3) is 6.08 Å². The number of amides is 1. The van der Waals surface area contributed by atoms with E-state index in [1.807, 2.05) is 30.3 Å². The fourth-order valence-electron chi connectivity index (χ4n) is 2.57. The molecule has 25 heavy (non-hydrogen) atoms. The minimum absolute atomic E-state index is 0.0519. The zero-order valence-electron chi connectivity index (χ0n) is 13.6. The molecule has 1 fully saturated rings. The molecule has 1 aromatic heterocycles. The number of aromatic nitrogens is 1. The molecule has 0 spiro atoms. The van der Waals surface area contributed by atoms with E-state index >= 15 is 0 Å². The summed E-state index contributed by atoms with van der Waals surface area (Å²) in [5, 5.41) is 1.15. The van der Waals surface area contributed by atoms with E-state index in [0.29, 0.717) is 18.8 Å². The highest BCUT2D eigenvalue weighted by atomic mass is 32.2. The fourth-order valence-corrected chi connectivity index (χ4v) is 3.37. The molecule has 7 heteroatoms. The third-order valence-corrected chi connectivity index (χ3v) is 4.92. The molecule has 2 heterocycles. The largest absolute Gasteiger partial charge is 0.297 e. The summed E-state index contributed by atoms with van der Waals surface area (Å²) >= 11 is 0. The molecule has 2 aromatic rings. The number of hydrogen-bond donors (Lipinski definition) is 1. The van der Waals surface area contributed by atoms with Crippen LogP contribution < -0.4 is 9.62 Å². The molecule has 0 radical (unpaired) electrons. The Morgan fingerprint density at radius 3 is 2.72 bits per heavy atom. The number of carbonyl (C=O) groups excluding carboxylic acids is 1. The van der Waals surface area contributed by atoms with Crippen LogP contribution in [-0.2, 0) is 21.4 Å². The summed E-state index contributed by atoms with van der Waals surface area (Å²) in [6.45, 7) is 0.792. The number of anilines is 1. The lowest BCUT2D eigenvalue weighted by molar-refractivity contribution is -0.117. The van der Waals surface area contributed by atoms with Crippen molar-refractivity contribution in [3.05, 3.63) is 65.2 Å². The summed E-state index contributed by atoms with van der Waals surface area (Å²) < 4.78 is 26.7. The smallest absolute Gasteiger partial charge is 0.234 e. The van der Waals surface area contributed by atoms with Crippen molar-refractivity contribution in [2.75, 3.05) is 11.4 Å². The SMILES string of the molecule is O=C1CCCN1c1cc(CNS(=O)(=O)C=Cc2ccccc2)ccn1. The van der Waals surface area contributed by atoms with E-state index in [1.54, 1.807) is 29.3 Å². The number of benzene rings is 1. The Morgan fingerprint density at radius 2 is 2.00 bits per heavy atom. The number of nitrogens with one attached hydrogen (secondary N) is 1. The minimum atomic E-state index is -3.55. The molecule has 1 N–H and O–H groups in total. The van der Waals surface area contributed by atoms with Crippen molar-refractivity contribution in [1.82, 2.24) is 9.71 Å². The molecule has 0 saturated carbocycles. The Morgan fingerprint density at radius 1 is 1.20 bits per heavy atom. The van der Waals surface area contributed by atoms with E-state index in [4.69, 9.17) is 0 Å². The van der Waals surface area contributed by atoms with E-state index in [-0.39, 0.29) is 12.5 Å². The first kappa shape index (κ1) is 17.3. The van der Waals surface area contributed by atoms with Crippen molar-refractivity contribution in [1.29, 1.82) is 0 Å². The average Bonchev–Trinajstić information content (AvgIpc) is 3.06. The summed E-state index contributed by atoms with van der Waals surface area (Å²) in [5.41, 5.74) is 1.56. The summed E-state index contributed by atoms with van der Waals surface area (Å²) in [5.74, 6) is 0.620. The van der Waals surface area contributed by atoms with Crippen LogP contribution >= 0.6 is 0 Å². The van der Waals surface area contributed by atoms with Gasteiger partial charge >= 0.3 is 0 Å². The Hall–Kier alpha value is -2.51. The van der Waals surface area contributed by atoms with Crippen LogP contribution in [0.15, 0.2) is 54.1 Å². The van der Waals surface area contributed by atoms with Gasteiger partial charge in [0.2, 0.25) is 15.9 Å². The molecule has 0 unspecified atom stereocenters. The third kappa shape index (κ3) is 4.74.